The molecule has 1 aliphatic rings. The number of hydrogen-bond donors (Lipinski definition) is 0. The van der Waals surface area contributed by atoms with Crippen molar-refractivity contribution < 1.29 is 4.79 Å². The van der Waals surface area contributed by atoms with Gasteiger partial charge in [-0.2, -0.15) is 0 Å². The van der Waals surface area contributed by atoms with Gasteiger partial charge >= 0.3 is 0 Å². The highest BCUT2D eigenvalue weighted by Gasteiger charge is 2.27. The minimum absolute atomic E-state index is 0.148. The molecule has 2 aromatic carbocycles. The lowest BCUT2D eigenvalue weighted by molar-refractivity contribution is -0.134. The van der Waals surface area contributed by atoms with Gasteiger partial charge in [0, 0.05) is 30.2 Å². The van der Waals surface area contributed by atoms with Gasteiger partial charge in [-0.3, -0.25) is 14.3 Å². The van der Waals surface area contributed by atoms with E-state index in [-0.39, 0.29) is 11.8 Å². The Morgan fingerprint density at radius 2 is 1.89 bits per heavy atom. The van der Waals surface area contributed by atoms with E-state index in [1.165, 1.54) is 0 Å². The Morgan fingerprint density at radius 1 is 1.14 bits per heavy atom. The molecule has 3 aromatic rings. The van der Waals surface area contributed by atoms with E-state index in [4.69, 9.17) is 4.98 Å². The first-order valence-corrected chi connectivity index (χ1v) is 10.5. The summed E-state index contributed by atoms with van der Waals surface area (Å²) in [5, 5.41) is 0. The van der Waals surface area contributed by atoms with E-state index in [1.54, 1.807) is 4.90 Å². The Kier molecular flexibility index (Phi) is 5.51. The predicted octanol–water partition coefficient (Wildman–Crippen LogP) is 4.09. The van der Waals surface area contributed by atoms with Crippen molar-refractivity contribution in [1.29, 1.82) is 0 Å². The van der Waals surface area contributed by atoms with Crippen molar-refractivity contribution >= 4 is 32.9 Å². The summed E-state index contributed by atoms with van der Waals surface area (Å²) in [6.45, 7) is 2.63. The summed E-state index contributed by atoms with van der Waals surface area (Å²) in [6.07, 6.45) is 1.82. The fraction of sp³-hybridized carbons (Fsp3) is 0.364. The molecule has 1 saturated heterocycles. The normalized spacial score (nSPS) is 15.8. The Balaban J connectivity index is 1.60. The average molecular weight is 441 g/mol. The molecule has 0 atom stereocenters. The van der Waals surface area contributed by atoms with Crippen LogP contribution in [0.25, 0.3) is 16.7 Å². The fourth-order valence-electron chi connectivity index (χ4n) is 3.99. The molecule has 146 valence electrons. The largest absolute Gasteiger partial charge is 0.349 e. The maximum absolute atomic E-state index is 12.2. The van der Waals surface area contributed by atoms with Crippen molar-refractivity contribution in [3.05, 3.63) is 58.8 Å². The summed E-state index contributed by atoms with van der Waals surface area (Å²) >= 11 is 3.59. The number of nitrogens with zero attached hydrogens (tertiary/aromatic N) is 4. The van der Waals surface area contributed by atoms with Crippen LogP contribution < -0.4 is 0 Å². The number of imidazole rings is 1. The third kappa shape index (κ3) is 3.84. The standard InChI is InChI=1S/C22H25BrN4O/c1-25(2)22(28)16-10-12-26(13-11-16)15-21-24-19-8-3-4-9-20(19)27(21)18-7-5-6-17(23)14-18/h3-9,14,16H,10-13,15H2,1-2H3. The van der Waals surface area contributed by atoms with Crippen LogP contribution in [-0.4, -0.2) is 52.4 Å². The van der Waals surface area contributed by atoms with Crippen LogP contribution in [0.4, 0.5) is 0 Å². The zero-order valence-corrected chi connectivity index (χ0v) is 17.9. The number of para-hydroxylation sites is 2. The molecule has 1 aliphatic heterocycles. The Bertz CT molecular complexity index is 989. The first-order valence-electron chi connectivity index (χ1n) is 9.69. The number of aromatic nitrogens is 2. The summed E-state index contributed by atoms with van der Waals surface area (Å²) in [5.41, 5.74) is 3.24. The maximum atomic E-state index is 12.2. The molecule has 0 unspecified atom stereocenters. The molecule has 2 heterocycles. The number of likely N-dealkylation sites (tertiary alicyclic amines) is 1. The molecule has 0 radical (unpaired) electrons. The van der Waals surface area contributed by atoms with E-state index >= 15 is 0 Å². The van der Waals surface area contributed by atoms with Gasteiger partial charge in [0.1, 0.15) is 5.82 Å². The number of piperidine rings is 1. The second kappa shape index (κ2) is 8.05. The van der Waals surface area contributed by atoms with Crippen LogP contribution >= 0.6 is 15.9 Å². The molecule has 1 fully saturated rings. The van der Waals surface area contributed by atoms with Crippen LogP contribution in [0.2, 0.25) is 0 Å². The van der Waals surface area contributed by atoms with E-state index in [0.717, 1.165) is 59.5 Å². The SMILES string of the molecule is CN(C)C(=O)C1CCN(Cc2nc3ccccc3n2-c2cccc(Br)c2)CC1. The molecule has 0 N–H and O–H groups in total. The molecule has 28 heavy (non-hydrogen) atoms. The van der Waals surface area contributed by atoms with Crippen LogP contribution in [0, 0.1) is 5.92 Å². The lowest BCUT2D eigenvalue weighted by atomic mass is 9.95. The number of hydrogen-bond acceptors (Lipinski definition) is 3. The van der Waals surface area contributed by atoms with Crippen molar-refractivity contribution in [3.8, 4) is 5.69 Å². The van der Waals surface area contributed by atoms with E-state index in [2.05, 4.69) is 61.8 Å². The third-order valence-corrected chi connectivity index (χ3v) is 5.93. The lowest BCUT2D eigenvalue weighted by Gasteiger charge is -2.32. The number of carbonyl (C=O) groups is 1. The van der Waals surface area contributed by atoms with Gasteiger partial charge in [-0.25, -0.2) is 4.98 Å². The first-order chi connectivity index (χ1) is 13.5. The van der Waals surface area contributed by atoms with Crippen LogP contribution in [0.15, 0.2) is 53.0 Å². The summed E-state index contributed by atoms with van der Waals surface area (Å²) < 4.78 is 3.30. The number of halogens is 1. The van der Waals surface area contributed by atoms with Gasteiger partial charge in [-0.15, -0.1) is 0 Å². The van der Waals surface area contributed by atoms with Gasteiger partial charge in [0.2, 0.25) is 5.91 Å². The monoisotopic (exact) mass is 440 g/mol. The summed E-state index contributed by atoms with van der Waals surface area (Å²) in [4.78, 5) is 21.3. The second-order valence-electron chi connectivity index (χ2n) is 7.62. The molecule has 0 spiro atoms. The molecule has 4 rings (SSSR count). The number of amides is 1. The first kappa shape index (κ1) is 19.2. The molecule has 0 saturated carbocycles. The topological polar surface area (TPSA) is 41.4 Å². The highest BCUT2D eigenvalue weighted by molar-refractivity contribution is 9.10. The summed E-state index contributed by atoms with van der Waals surface area (Å²) in [7, 11) is 3.68. The zero-order chi connectivity index (χ0) is 19.7. The zero-order valence-electron chi connectivity index (χ0n) is 16.3. The second-order valence-corrected chi connectivity index (χ2v) is 8.53. The molecule has 1 amide bonds. The lowest BCUT2D eigenvalue weighted by Crippen LogP contribution is -2.40. The summed E-state index contributed by atoms with van der Waals surface area (Å²) in [6, 6.07) is 16.6. The van der Waals surface area contributed by atoms with Gasteiger partial charge in [0.05, 0.1) is 17.6 Å². The average Bonchev–Trinajstić information content (AvgIpc) is 3.05. The molecular weight excluding hydrogens is 416 g/mol. The molecular formula is C22H25BrN4O. The minimum Gasteiger partial charge on any atom is -0.349 e. The van der Waals surface area contributed by atoms with Crippen LogP contribution in [0.5, 0.6) is 0 Å². The quantitative estimate of drug-likeness (QED) is 0.613. The Hall–Kier alpha value is -2.18. The highest BCUT2D eigenvalue weighted by atomic mass is 79.9. The van der Waals surface area contributed by atoms with E-state index < -0.39 is 0 Å². The van der Waals surface area contributed by atoms with E-state index in [1.807, 2.05) is 26.2 Å². The highest BCUT2D eigenvalue weighted by Crippen LogP contribution is 2.26. The number of fused-ring (bicyclic) bond motifs is 1. The van der Waals surface area contributed by atoms with Gasteiger partial charge in [0.25, 0.3) is 0 Å². The van der Waals surface area contributed by atoms with E-state index in [0.29, 0.717) is 0 Å². The number of benzene rings is 2. The van der Waals surface area contributed by atoms with Gasteiger partial charge < -0.3 is 4.90 Å². The van der Waals surface area contributed by atoms with Gasteiger partial charge in [0.15, 0.2) is 0 Å². The number of rotatable bonds is 4. The third-order valence-electron chi connectivity index (χ3n) is 5.44. The van der Waals surface area contributed by atoms with Crippen LogP contribution in [0.1, 0.15) is 18.7 Å². The molecule has 1 aromatic heterocycles. The smallest absolute Gasteiger partial charge is 0.225 e. The van der Waals surface area contributed by atoms with Crippen molar-refractivity contribution in [2.45, 2.75) is 19.4 Å². The molecule has 0 aliphatic carbocycles. The fourth-order valence-corrected chi connectivity index (χ4v) is 4.38. The Labute approximate surface area is 174 Å². The maximum Gasteiger partial charge on any atom is 0.225 e. The Morgan fingerprint density at radius 3 is 2.61 bits per heavy atom. The van der Waals surface area contributed by atoms with E-state index in [9.17, 15) is 4.79 Å². The van der Waals surface area contributed by atoms with Crippen molar-refractivity contribution in [3.63, 3.8) is 0 Å². The molecule has 0 bridgehead atoms. The van der Waals surface area contributed by atoms with Crippen LogP contribution in [-0.2, 0) is 11.3 Å². The molecule has 6 heteroatoms. The minimum atomic E-state index is 0.148. The van der Waals surface area contributed by atoms with Crippen LogP contribution in [0.3, 0.4) is 0 Å². The summed E-state index contributed by atoms with van der Waals surface area (Å²) in [5.74, 6) is 1.44. The van der Waals surface area contributed by atoms with Crippen molar-refractivity contribution in [2.75, 3.05) is 27.2 Å². The van der Waals surface area contributed by atoms with Gasteiger partial charge in [-0.1, -0.05) is 34.1 Å². The number of carbonyl (C=O) groups excluding carboxylic acids is 1. The van der Waals surface area contributed by atoms with Crippen molar-refractivity contribution in [2.24, 2.45) is 5.92 Å². The molecule has 5 nitrogen and oxygen atoms in total. The predicted molar refractivity (Wildman–Crippen MR) is 115 cm³/mol. The van der Waals surface area contributed by atoms with Gasteiger partial charge in [-0.05, 0) is 56.3 Å². The van der Waals surface area contributed by atoms with Crippen molar-refractivity contribution in [1.82, 2.24) is 19.4 Å².